The van der Waals surface area contributed by atoms with Crippen molar-refractivity contribution in [2.24, 2.45) is 0 Å². The number of aromatic nitrogens is 4. The molecule has 6 heteroatoms. The van der Waals surface area contributed by atoms with Crippen LogP contribution < -0.4 is 0 Å². The van der Waals surface area contributed by atoms with Crippen LogP contribution in [0.1, 0.15) is 22.6 Å². The lowest BCUT2D eigenvalue weighted by Gasteiger charge is -2.22. The van der Waals surface area contributed by atoms with Gasteiger partial charge in [0.05, 0.1) is 24.3 Å². The highest BCUT2D eigenvalue weighted by Crippen LogP contribution is 2.16. The summed E-state index contributed by atoms with van der Waals surface area (Å²) in [7, 11) is 0. The summed E-state index contributed by atoms with van der Waals surface area (Å²) in [5.74, 6) is 7.36. The number of halogens is 1. The van der Waals surface area contributed by atoms with Crippen molar-refractivity contribution in [1.29, 1.82) is 0 Å². The average molecular weight is 536 g/mol. The van der Waals surface area contributed by atoms with Gasteiger partial charge in [0.1, 0.15) is 12.2 Å². The zero-order valence-corrected chi connectivity index (χ0v) is 21.5. The summed E-state index contributed by atoms with van der Waals surface area (Å²) in [5, 5.41) is 9.74. The lowest BCUT2D eigenvalue weighted by Crippen LogP contribution is -2.27. The van der Waals surface area contributed by atoms with E-state index in [4.69, 9.17) is 4.98 Å². The first-order chi connectivity index (χ1) is 17.7. The number of hydrogen-bond donors (Lipinski definition) is 0. The van der Waals surface area contributed by atoms with Gasteiger partial charge in [-0.2, -0.15) is 0 Å². The van der Waals surface area contributed by atoms with E-state index in [1.165, 1.54) is 5.56 Å². The van der Waals surface area contributed by atoms with Gasteiger partial charge in [0.15, 0.2) is 0 Å². The Hall–Kier alpha value is -3.79. The van der Waals surface area contributed by atoms with E-state index in [-0.39, 0.29) is 0 Å². The van der Waals surface area contributed by atoms with Crippen LogP contribution in [0.5, 0.6) is 0 Å². The molecule has 178 valence electrons. The fourth-order valence-corrected chi connectivity index (χ4v) is 4.32. The number of nitrogens with zero attached hydrogens (tertiary/aromatic N) is 5. The molecule has 0 spiro atoms. The Morgan fingerprint density at radius 1 is 0.833 bits per heavy atom. The van der Waals surface area contributed by atoms with Crippen LogP contribution in [0.3, 0.4) is 0 Å². The van der Waals surface area contributed by atoms with Crippen molar-refractivity contribution in [3.63, 3.8) is 0 Å². The summed E-state index contributed by atoms with van der Waals surface area (Å²) in [6.07, 6.45) is 2.69. The summed E-state index contributed by atoms with van der Waals surface area (Å²) in [5.41, 5.74) is 4.36. The van der Waals surface area contributed by atoms with Gasteiger partial charge in [-0.25, -0.2) is 0 Å². The molecule has 0 aliphatic carbocycles. The van der Waals surface area contributed by atoms with Crippen molar-refractivity contribution in [2.75, 3.05) is 6.54 Å². The minimum absolute atomic E-state index is 0.548. The molecule has 2 aromatic heterocycles. The Labute approximate surface area is 220 Å². The van der Waals surface area contributed by atoms with E-state index in [2.05, 4.69) is 91.4 Å². The van der Waals surface area contributed by atoms with E-state index in [1.54, 1.807) is 6.33 Å². The Balaban J connectivity index is 1.33. The molecule has 0 saturated carbocycles. The number of fused-ring (bicyclic) bond motifs is 1. The van der Waals surface area contributed by atoms with Crippen LogP contribution in [0.25, 0.3) is 10.9 Å². The quantitative estimate of drug-likeness (QED) is 0.232. The van der Waals surface area contributed by atoms with Gasteiger partial charge in [-0.05, 0) is 48.4 Å². The Bertz CT molecular complexity index is 1480. The molecular weight excluding hydrogens is 510 g/mol. The van der Waals surface area contributed by atoms with Gasteiger partial charge < -0.3 is 4.57 Å². The van der Waals surface area contributed by atoms with Crippen LogP contribution in [-0.4, -0.2) is 31.2 Å². The minimum atomic E-state index is 0.548. The van der Waals surface area contributed by atoms with Crippen molar-refractivity contribution in [1.82, 2.24) is 24.6 Å². The maximum Gasteiger partial charge on any atom is 0.147 e. The molecule has 2 heterocycles. The van der Waals surface area contributed by atoms with Crippen LogP contribution >= 0.6 is 15.9 Å². The van der Waals surface area contributed by atoms with Crippen LogP contribution in [0.2, 0.25) is 0 Å². The summed E-state index contributed by atoms with van der Waals surface area (Å²) >= 11 is 3.52. The topological polar surface area (TPSA) is 46.8 Å². The zero-order valence-electron chi connectivity index (χ0n) is 19.9. The Morgan fingerprint density at radius 2 is 1.64 bits per heavy atom. The van der Waals surface area contributed by atoms with Crippen molar-refractivity contribution >= 4 is 26.8 Å². The second-order valence-corrected chi connectivity index (χ2v) is 9.54. The van der Waals surface area contributed by atoms with Gasteiger partial charge in [-0.1, -0.05) is 82.4 Å². The standard InChI is InChI=1S/C30H26BrN5/c31-27-15-12-25(13-16-27)18-20-35(21-28-17-14-26-10-4-5-11-29(26)33-28)22-30-34-32-23-36(30)19-6-9-24-7-2-1-3-8-24/h1-5,7-8,10-17,23H,18-22H2. The highest BCUT2D eigenvalue weighted by molar-refractivity contribution is 9.10. The maximum atomic E-state index is 4.90. The first-order valence-electron chi connectivity index (χ1n) is 11.9. The zero-order chi connectivity index (χ0) is 24.6. The van der Waals surface area contributed by atoms with E-state index in [9.17, 15) is 0 Å². The van der Waals surface area contributed by atoms with Gasteiger partial charge in [0, 0.05) is 28.5 Å². The molecule has 5 aromatic rings. The second kappa shape index (κ2) is 11.8. The Kier molecular flexibility index (Phi) is 7.82. The molecule has 3 aromatic carbocycles. The summed E-state index contributed by atoms with van der Waals surface area (Å²) in [6, 6.07) is 31.0. The summed E-state index contributed by atoms with van der Waals surface area (Å²) in [4.78, 5) is 7.28. The SMILES string of the molecule is Brc1ccc(CCN(Cc2ccc3ccccc3n2)Cc2nncn2CC#Cc2ccccc2)cc1. The van der Waals surface area contributed by atoms with Crippen LogP contribution in [-0.2, 0) is 26.1 Å². The normalized spacial score (nSPS) is 10.9. The molecule has 0 amide bonds. The molecule has 0 unspecified atom stereocenters. The maximum absolute atomic E-state index is 4.90. The number of hydrogen-bond acceptors (Lipinski definition) is 4. The predicted octanol–water partition coefficient (Wildman–Crippen LogP) is 5.89. The van der Waals surface area contributed by atoms with E-state index < -0.39 is 0 Å². The molecule has 0 N–H and O–H groups in total. The van der Waals surface area contributed by atoms with Gasteiger partial charge in [0.25, 0.3) is 0 Å². The third-order valence-corrected chi connectivity index (χ3v) is 6.52. The van der Waals surface area contributed by atoms with Crippen molar-refractivity contribution < 1.29 is 0 Å². The predicted molar refractivity (Wildman–Crippen MR) is 147 cm³/mol. The molecule has 0 aliphatic heterocycles. The minimum Gasteiger partial charge on any atom is -0.305 e. The van der Waals surface area contributed by atoms with Crippen molar-refractivity contribution in [3.8, 4) is 11.8 Å². The summed E-state index contributed by atoms with van der Waals surface area (Å²) < 4.78 is 3.12. The molecule has 0 aliphatic rings. The molecule has 36 heavy (non-hydrogen) atoms. The third kappa shape index (κ3) is 6.45. The van der Waals surface area contributed by atoms with E-state index in [1.807, 2.05) is 47.0 Å². The van der Waals surface area contributed by atoms with Crippen LogP contribution in [0.4, 0.5) is 0 Å². The van der Waals surface area contributed by atoms with Gasteiger partial charge in [0.2, 0.25) is 0 Å². The largest absolute Gasteiger partial charge is 0.305 e. The molecule has 5 rings (SSSR count). The van der Waals surface area contributed by atoms with E-state index in [0.29, 0.717) is 13.1 Å². The number of rotatable bonds is 8. The van der Waals surface area contributed by atoms with Crippen molar-refractivity contribution in [3.05, 3.63) is 124 Å². The van der Waals surface area contributed by atoms with Gasteiger partial charge in [-0.15, -0.1) is 10.2 Å². The average Bonchev–Trinajstić information content (AvgIpc) is 3.35. The monoisotopic (exact) mass is 535 g/mol. The number of benzene rings is 3. The number of para-hydroxylation sites is 1. The molecule has 5 nitrogen and oxygen atoms in total. The third-order valence-electron chi connectivity index (χ3n) is 5.99. The summed E-state index contributed by atoms with van der Waals surface area (Å²) in [6.45, 7) is 2.81. The number of pyridine rings is 1. The highest BCUT2D eigenvalue weighted by Gasteiger charge is 2.13. The lowest BCUT2D eigenvalue weighted by atomic mass is 10.1. The second-order valence-electron chi connectivity index (χ2n) is 8.63. The molecular formula is C30H26BrN5. The fourth-order valence-electron chi connectivity index (χ4n) is 4.06. The van der Waals surface area contributed by atoms with Crippen LogP contribution in [0.15, 0.2) is 102 Å². The smallest absolute Gasteiger partial charge is 0.147 e. The van der Waals surface area contributed by atoms with Crippen LogP contribution in [0, 0.1) is 11.8 Å². The van der Waals surface area contributed by atoms with Gasteiger partial charge >= 0.3 is 0 Å². The molecule has 0 saturated heterocycles. The molecule has 0 fully saturated rings. The molecule has 0 radical (unpaired) electrons. The molecule has 0 atom stereocenters. The van der Waals surface area contributed by atoms with Gasteiger partial charge in [-0.3, -0.25) is 9.88 Å². The molecule has 0 bridgehead atoms. The van der Waals surface area contributed by atoms with E-state index >= 15 is 0 Å². The van der Waals surface area contributed by atoms with Crippen molar-refractivity contribution in [2.45, 2.75) is 26.1 Å². The Morgan fingerprint density at radius 3 is 2.50 bits per heavy atom. The van der Waals surface area contributed by atoms with E-state index in [0.717, 1.165) is 52.0 Å². The first-order valence-corrected chi connectivity index (χ1v) is 12.7. The lowest BCUT2D eigenvalue weighted by molar-refractivity contribution is 0.247. The first kappa shape index (κ1) is 23.9. The highest BCUT2D eigenvalue weighted by atomic mass is 79.9. The fraction of sp³-hybridized carbons (Fsp3) is 0.167.